The van der Waals surface area contributed by atoms with Gasteiger partial charge in [0.15, 0.2) is 23.0 Å². The monoisotopic (exact) mass is 447 g/mol. The van der Waals surface area contributed by atoms with Crippen LogP contribution >= 0.6 is 15.9 Å². The Labute approximate surface area is 174 Å². The van der Waals surface area contributed by atoms with Gasteiger partial charge < -0.3 is 18.9 Å². The Morgan fingerprint density at radius 3 is 2.43 bits per heavy atom. The van der Waals surface area contributed by atoms with Gasteiger partial charge in [-0.1, -0.05) is 15.9 Å². The van der Waals surface area contributed by atoms with Crippen LogP contribution < -0.4 is 18.9 Å². The molecule has 150 valence electrons. The van der Waals surface area contributed by atoms with E-state index in [0.29, 0.717) is 13.2 Å². The van der Waals surface area contributed by atoms with Crippen LogP contribution in [0.5, 0.6) is 23.0 Å². The molecule has 1 unspecified atom stereocenters. The van der Waals surface area contributed by atoms with Gasteiger partial charge in [-0.2, -0.15) is 0 Å². The molecule has 0 aliphatic carbocycles. The fraction of sp³-hybridized carbons (Fsp3) is 0.455. The van der Waals surface area contributed by atoms with Gasteiger partial charge in [0.05, 0.1) is 27.4 Å². The summed E-state index contributed by atoms with van der Waals surface area (Å²) in [6.45, 7) is 5.48. The van der Waals surface area contributed by atoms with Gasteiger partial charge in [0.25, 0.3) is 0 Å². The molecule has 1 atom stereocenters. The van der Waals surface area contributed by atoms with Crippen molar-refractivity contribution in [3.63, 3.8) is 0 Å². The van der Waals surface area contributed by atoms with E-state index in [0.717, 1.165) is 53.4 Å². The standard InChI is InChI=1S/C22H26BrNO4/c1-14-17-11-20(26-3)19(25-2)9-15(17)5-6-24(14)13-16-10-21-22(12-18(16)23)28-8-4-7-27-21/h9-12,14H,4-8,13H2,1-3H3. The molecule has 0 fully saturated rings. The highest BCUT2D eigenvalue weighted by molar-refractivity contribution is 9.10. The van der Waals surface area contributed by atoms with Crippen LogP contribution in [0.1, 0.15) is 36.1 Å². The van der Waals surface area contributed by atoms with E-state index in [2.05, 4.69) is 46.0 Å². The molecule has 5 nitrogen and oxygen atoms in total. The zero-order valence-electron chi connectivity index (χ0n) is 16.6. The molecule has 0 radical (unpaired) electrons. The first-order valence-electron chi connectivity index (χ1n) is 9.67. The largest absolute Gasteiger partial charge is 0.493 e. The number of halogens is 1. The van der Waals surface area contributed by atoms with Crippen molar-refractivity contribution in [1.29, 1.82) is 0 Å². The highest BCUT2D eigenvalue weighted by atomic mass is 79.9. The molecule has 0 aromatic heterocycles. The number of ether oxygens (including phenoxy) is 4. The number of fused-ring (bicyclic) bond motifs is 2. The maximum atomic E-state index is 5.88. The number of nitrogens with zero attached hydrogens (tertiary/aromatic N) is 1. The van der Waals surface area contributed by atoms with Crippen molar-refractivity contribution in [2.24, 2.45) is 0 Å². The molecule has 2 aliphatic rings. The molecular formula is C22H26BrNO4. The molecule has 0 bridgehead atoms. The molecule has 2 aliphatic heterocycles. The molecule has 28 heavy (non-hydrogen) atoms. The summed E-state index contributed by atoms with van der Waals surface area (Å²) in [7, 11) is 3.37. The minimum atomic E-state index is 0.284. The van der Waals surface area contributed by atoms with Gasteiger partial charge in [0, 0.05) is 30.0 Å². The molecular weight excluding hydrogens is 422 g/mol. The molecule has 2 heterocycles. The Hall–Kier alpha value is -1.92. The molecule has 0 spiro atoms. The zero-order valence-corrected chi connectivity index (χ0v) is 18.2. The first-order chi connectivity index (χ1) is 13.6. The lowest BCUT2D eigenvalue weighted by Crippen LogP contribution is -2.33. The Kier molecular flexibility index (Phi) is 5.69. The highest BCUT2D eigenvalue weighted by Crippen LogP contribution is 2.40. The normalized spacial score (nSPS) is 18.9. The number of hydrogen-bond donors (Lipinski definition) is 0. The molecule has 0 saturated heterocycles. The highest BCUT2D eigenvalue weighted by Gasteiger charge is 2.27. The van der Waals surface area contributed by atoms with E-state index >= 15 is 0 Å². The van der Waals surface area contributed by atoms with E-state index in [1.165, 1.54) is 16.7 Å². The van der Waals surface area contributed by atoms with Crippen LogP contribution in [0.2, 0.25) is 0 Å². The van der Waals surface area contributed by atoms with E-state index in [4.69, 9.17) is 18.9 Å². The van der Waals surface area contributed by atoms with E-state index in [9.17, 15) is 0 Å². The third kappa shape index (κ3) is 3.67. The molecule has 6 heteroatoms. The molecule has 2 aromatic carbocycles. The average molecular weight is 448 g/mol. The molecule has 0 N–H and O–H groups in total. The predicted octanol–water partition coefficient (Wildman–Crippen LogP) is 4.75. The van der Waals surface area contributed by atoms with E-state index in [1.54, 1.807) is 14.2 Å². The summed E-state index contributed by atoms with van der Waals surface area (Å²) in [5.41, 5.74) is 3.84. The van der Waals surface area contributed by atoms with Gasteiger partial charge in [-0.3, -0.25) is 4.90 Å². The summed E-state index contributed by atoms with van der Waals surface area (Å²) in [6.07, 6.45) is 1.90. The minimum absolute atomic E-state index is 0.284. The SMILES string of the molecule is COc1cc2c(cc1OC)C(C)N(Cc1cc3c(cc1Br)OCCCO3)CC2. The van der Waals surface area contributed by atoms with Crippen molar-refractivity contribution >= 4 is 15.9 Å². The van der Waals surface area contributed by atoms with Gasteiger partial charge in [-0.15, -0.1) is 0 Å². The Bertz CT molecular complexity index is 870. The number of hydrogen-bond acceptors (Lipinski definition) is 5. The summed E-state index contributed by atoms with van der Waals surface area (Å²) in [6, 6.07) is 8.67. The second kappa shape index (κ2) is 8.21. The first-order valence-corrected chi connectivity index (χ1v) is 10.5. The van der Waals surface area contributed by atoms with Crippen LogP contribution in [0, 0.1) is 0 Å². The smallest absolute Gasteiger partial charge is 0.162 e. The van der Waals surface area contributed by atoms with Crippen molar-refractivity contribution in [3.8, 4) is 23.0 Å². The van der Waals surface area contributed by atoms with E-state index in [1.807, 2.05) is 6.07 Å². The van der Waals surface area contributed by atoms with Crippen molar-refractivity contribution in [2.75, 3.05) is 34.0 Å². The zero-order chi connectivity index (χ0) is 19.7. The van der Waals surface area contributed by atoms with Crippen LogP contribution in [-0.4, -0.2) is 38.9 Å². The lowest BCUT2D eigenvalue weighted by molar-refractivity contribution is 0.188. The average Bonchev–Trinajstić information content (AvgIpc) is 2.94. The van der Waals surface area contributed by atoms with Gasteiger partial charge in [0.2, 0.25) is 0 Å². The number of benzene rings is 2. The molecule has 2 aromatic rings. The summed E-state index contributed by atoms with van der Waals surface area (Å²) in [5, 5.41) is 0. The number of methoxy groups -OCH3 is 2. The summed E-state index contributed by atoms with van der Waals surface area (Å²) in [5.74, 6) is 3.24. The maximum Gasteiger partial charge on any atom is 0.162 e. The third-order valence-electron chi connectivity index (χ3n) is 5.60. The van der Waals surface area contributed by atoms with Crippen molar-refractivity contribution in [3.05, 3.63) is 45.4 Å². The van der Waals surface area contributed by atoms with Gasteiger partial charge in [-0.05, 0) is 54.3 Å². The minimum Gasteiger partial charge on any atom is -0.493 e. The fourth-order valence-electron chi connectivity index (χ4n) is 3.98. The van der Waals surface area contributed by atoms with Crippen LogP contribution in [-0.2, 0) is 13.0 Å². The predicted molar refractivity (Wildman–Crippen MR) is 112 cm³/mol. The molecule has 0 saturated carbocycles. The van der Waals surface area contributed by atoms with E-state index in [-0.39, 0.29) is 6.04 Å². The van der Waals surface area contributed by atoms with Crippen molar-refractivity contribution in [2.45, 2.75) is 32.4 Å². The Morgan fingerprint density at radius 2 is 1.71 bits per heavy atom. The number of rotatable bonds is 4. The van der Waals surface area contributed by atoms with Crippen LogP contribution in [0.15, 0.2) is 28.7 Å². The Balaban J connectivity index is 1.59. The van der Waals surface area contributed by atoms with E-state index < -0.39 is 0 Å². The van der Waals surface area contributed by atoms with Crippen LogP contribution in [0.4, 0.5) is 0 Å². The first kappa shape index (κ1) is 19.4. The summed E-state index contributed by atoms with van der Waals surface area (Å²) >= 11 is 3.72. The van der Waals surface area contributed by atoms with Crippen LogP contribution in [0.25, 0.3) is 0 Å². The third-order valence-corrected chi connectivity index (χ3v) is 6.34. The fourth-order valence-corrected chi connectivity index (χ4v) is 4.43. The quantitative estimate of drug-likeness (QED) is 0.676. The lowest BCUT2D eigenvalue weighted by Gasteiger charge is -2.36. The Morgan fingerprint density at radius 1 is 1.04 bits per heavy atom. The molecule has 0 amide bonds. The summed E-state index contributed by atoms with van der Waals surface area (Å²) < 4.78 is 23.7. The maximum absolute atomic E-state index is 5.88. The van der Waals surface area contributed by atoms with Crippen LogP contribution in [0.3, 0.4) is 0 Å². The van der Waals surface area contributed by atoms with Gasteiger partial charge >= 0.3 is 0 Å². The van der Waals surface area contributed by atoms with Crippen molar-refractivity contribution in [1.82, 2.24) is 4.90 Å². The second-order valence-corrected chi connectivity index (χ2v) is 8.10. The van der Waals surface area contributed by atoms with Gasteiger partial charge in [0.1, 0.15) is 0 Å². The molecule has 4 rings (SSSR count). The topological polar surface area (TPSA) is 40.2 Å². The summed E-state index contributed by atoms with van der Waals surface area (Å²) in [4.78, 5) is 2.48. The second-order valence-electron chi connectivity index (χ2n) is 7.24. The van der Waals surface area contributed by atoms with Crippen molar-refractivity contribution < 1.29 is 18.9 Å². The van der Waals surface area contributed by atoms with Gasteiger partial charge in [-0.25, -0.2) is 0 Å². The lowest BCUT2D eigenvalue weighted by atomic mass is 9.92.